The molecule has 0 bridgehead atoms. The van der Waals surface area contributed by atoms with E-state index in [4.69, 9.17) is 9.47 Å². The fraction of sp³-hybridized carbons (Fsp3) is 0.417. The third-order valence-electron chi connectivity index (χ3n) is 5.83. The lowest BCUT2D eigenvalue weighted by Gasteiger charge is -2.26. The lowest BCUT2D eigenvalue weighted by Crippen LogP contribution is -2.16. The molecule has 1 unspecified atom stereocenters. The summed E-state index contributed by atoms with van der Waals surface area (Å²) in [7, 11) is 0. The number of hydrogen-bond acceptors (Lipinski definition) is 2. The smallest absolute Gasteiger partial charge is 0.201 e. The lowest BCUT2D eigenvalue weighted by atomic mass is 9.83. The Hall–Kier alpha value is -2.50. The second-order valence-corrected chi connectivity index (χ2v) is 7.83. The largest absolute Gasteiger partial charge is 0.493 e. The molecule has 160 valence electrons. The molecule has 1 atom stereocenters. The highest BCUT2D eigenvalue weighted by Gasteiger charge is 2.31. The third kappa shape index (κ3) is 3.46. The molecule has 1 aliphatic heterocycles. The molecule has 0 amide bonds. The Kier molecular flexibility index (Phi) is 5.76. The second-order valence-electron chi connectivity index (χ2n) is 7.83. The van der Waals surface area contributed by atoms with E-state index in [-0.39, 0.29) is 29.0 Å². The van der Waals surface area contributed by atoms with E-state index in [2.05, 4.69) is 6.92 Å². The molecular weight excluding hydrogens is 396 g/mol. The molecule has 1 aliphatic carbocycles. The summed E-state index contributed by atoms with van der Waals surface area (Å²) < 4.78 is 70.3. The van der Waals surface area contributed by atoms with E-state index in [1.165, 1.54) is 12.1 Å². The molecule has 2 nitrogen and oxygen atoms in total. The average Bonchev–Trinajstić information content (AvgIpc) is 2.75. The minimum absolute atomic E-state index is 0.0384. The Morgan fingerprint density at radius 3 is 2.20 bits per heavy atom. The van der Waals surface area contributed by atoms with E-state index < -0.39 is 23.3 Å². The fourth-order valence-corrected chi connectivity index (χ4v) is 4.38. The number of hydrogen-bond donors (Lipinski definition) is 0. The number of allylic oxidation sites excluding steroid dienone is 1. The zero-order valence-electron chi connectivity index (χ0n) is 17.1. The molecule has 0 N–H and O–H groups in total. The molecule has 0 radical (unpaired) electrons. The van der Waals surface area contributed by atoms with E-state index in [9.17, 15) is 8.78 Å². The van der Waals surface area contributed by atoms with Gasteiger partial charge in [0.15, 0.2) is 23.2 Å². The standard InChI is InChI=1S/C24H24F4O2/c1-3-5-13-6-9-17(30-12-13)16-10-14-7-8-15-11-18(29-4-2)22(26)24(28)20(15)19(14)23(27)21(16)25/h9-11,13H,3-8,12H2,1-2H3. The monoisotopic (exact) mass is 420 g/mol. The van der Waals surface area contributed by atoms with Gasteiger partial charge in [-0.1, -0.05) is 13.3 Å². The third-order valence-corrected chi connectivity index (χ3v) is 5.83. The van der Waals surface area contributed by atoms with Gasteiger partial charge >= 0.3 is 0 Å². The van der Waals surface area contributed by atoms with Crippen molar-refractivity contribution >= 4 is 5.76 Å². The fourth-order valence-electron chi connectivity index (χ4n) is 4.38. The van der Waals surface area contributed by atoms with E-state index in [0.717, 1.165) is 19.3 Å². The molecule has 1 heterocycles. The van der Waals surface area contributed by atoms with Crippen LogP contribution < -0.4 is 4.74 Å². The first-order valence-corrected chi connectivity index (χ1v) is 10.4. The Bertz CT molecular complexity index is 1010. The van der Waals surface area contributed by atoms with E-state index in [1.54, 1.807) is 13.0 Å². The molecular formula is C24H24F4O2. The minimum Gasteiger partial charge on any atom is -0.493 e. The summed E-state index contributed by atoms with van der Waals surface area (Å²) >= 11 is 0. The zero-order chi connectivity index (χ0) is 21.4. The first kappa shape index (κ1) is 20.8. The maximum atomic E-state index is 15.2. The van der Waals surface area contributed by atoms with Crippen molar-refractivity contribution in [2.75, 3.05) is 13.2 Å². The molecule has 0 saturated carbocycles. The van der Waals surface area contributed by atoms with Crippen LogP contribution in [0.1, 0.15) is 49.8 Å². The highest BCUT2D eigenvalue weighted by molar-refractivity contribution is 5.78. The summed E-state index contributed by atoms with van der Waals surface area (Å²) in [5, 5.41) is 0. The topological polar surface area (TPSA) is 18.5 Å². The molecule has 0 aromatic heterocycles. The van der Waals surface area contributed by atoms with Crippen molar-refractivity contribution in [1.29, 1.82) is 0 Å². The van der Waals surface area contributed by atoms with Crippen LogP contribution in [0.3, 0.4) is 0 Å². The van der Waals surface area contributed by atoms with Crippen LogP contribution in [0.25, 0.3) is 16.9 Å². The molecule has 2 aliphatic rings. The number of rotatable bonds is 5. The van der Waals surface area contributed by atoms with Gasteiger partial charge in [0.2, 0.25) is 5.82 Å². The van der Waals surface area contributed by atoms with Crippen LogP contribution in [0.15, 0.2) is 18.2 Å². The minimum atomic E-state index is -1.21. The number of benzene rings is 2. The maximum absolute atomic E-state index is 15.2. The van der Waals surface area contributed by atoms with Crippen molar-refractivity contribution in [1.82, 2.24) is 0 Å². The maximum Gasteiger partial charge on any atom is 0.201 e. The average molecular weight is 420 g/mol. The number of halogens is 4. The second kappa shape index (κ2) is 8.32. The number of fused-ring (bicyclic) bond motifs is 3. The summed E-state index contributed by atoms with van der Waals surface area (Å²) in [6.45, 7) is 4.39. The first-order valence-electron chi connectivity index (χ1n) is 10.4. The summed E-state index contributed by atoms with van der Waals surface area (Å²) in [5.74, 6) is -4.21. The summed E-state index contributed by atoms with van der Waals surface area (Å²) in [6.07, 6.45) is 5.34. The highest BCUT2D eigenvalue weighted by Crippen LogP contribution is 2.43. The molecule has 0 spiro atoms. The van der Waals surface area contributed by atoms with Gasteiger partial charge in [0.25, 0.3) is 0 Å². The van der Waals surface area contributed by atoms with Crippen LogP contribution in [0.2, 0.25) is 0 Å². The van der Waals surface area contributed by atoms with Crippen LogP contribution in [0, 0.1) is 29.2 Å². The molecule has 0 saturated heterocycles. The predicted molar refractivity (Wildman–Crippen MR) is 107 cm³/mol. The van der Waals surface area contributed by atoms with Gasteiger partial charge in [-0.2, -0.15) is 4.39 Å². The van der Waals surface area contributed by atoms with Crippen LogP contribution in [0.4, 0.5) is 17.6 Å². The van der Waals surface area contributed by atoms with Gasteiger partial charge in [-0.15, -0.1) is 0 Å². The number of ether oxygens (including phenoxy) is 2. The van der Waals surface area contributed by atoms with Gasteiger partial charge in [0.1, 0.15) is 5.76 Å². The molecule has 6 heteroatoms. The summed E-state index contributed by atoms with van der Waals surface area (Å²) in [4.78, 5) is 0. The van der Waals surface area contributed by atoms with Crippen molar-refractivity contribution in [2.45, 2.75) is 46.0 Å². The molecule has 30 heavy (non-hydrogen) atoms. The van der Waals surface area contributed by atoms with Crippen LogP contribution in [0.5, 0.6) is 5.75 Å². The van der Waals surface area contributed by atoms with Crippen molar-refractivity contribution < 1.29 is 27.0 Å². The van der Waals surface area contributed by atoms with Gasteiger partial charge < -0.3 is 9.47 Å². The summed E-state index contributed by atoms with van der Waals surface area (Å²) in [5.41, 5.74) is 0.459. The number of aryl methyl sites for hydroxylation is 2. The Labute approximate surface area is 173 Å². The SMILES string of the molecule is CCCC1CC=C(c2cc3c(c(F)c2F)-c2c(cc(OCC)c(F)c2F)CC3)OC1. The Morgan fingerprint density at radius 1 is 0.933 bits per heavy atom. The van der Waals surface area contributed by atoms with Gasteiger partial charge in [-0.05, 0) is 67.9 Å². The van der Waals surface area contributed by atoms with E-state index in [1.807, 2.05) is 0 Å². The lowest BCUT2D eigenvalue weighted by molar-refractivity contribution is 0.192. The molecule has 4 rings (SSSR count). The van der Waals surface area contributed by atoms with Gasteiger partial charge in [0.05, 0.1) is 18.8 Å². The highest BCUT2D eigenvalue weighted by atomic mass is 19.2. The van der Waals surface area contributed by atoms with Crippen molar-refractivity contribution in [3.05, 3.63) is 58.2 Å². The normalized spacial score (nSPS) is 17.7. The molecule has 2 aromatic rings. The van der Waals surface area contributed by atoms with Crippen LogP contribution in [-0.4, -0.2) is 13.2 Å². The summed E-state index contributed by atoms with van der Waals surface area (Å²) in [6, 6.07) is 2.89. The van der Waals surface area contributed by atoms with E-state index in [0.29, 0.717) is 42.3 Å². The van der Waals surface area contributed by atoms with Gasteiger partial charge in [-0.3, -0.25) is 0 Å². The van der Waals surface area contributed by atoms with Crippen LogP contribution >= 0.6 is 0 Å². The van der Waals surface area contributed by atoms with Crippen LogP contribution in [-0.2, 0) is 17.6 Å². The molecule has 0 fully saturated rings. The first-order chi connectivity index (χ1) is 14.5. The van der Waals surface area contributed by atoms with Crippen molar-refractivity contribution in [2.24, 2.45) is 5.92 Å². The van der Waals surface area contributed by atoms with Gasteiger partial charge in [0, 0.05) is 11.1 Å². The Morgan fingerprint density at radius 2 is 1.60 bits per heavy atom. The van der Waals surface area contributed by atoms with Crippen molar-refractivity contribution in [3.63, 3.8) is 0 Å². The Balaban J connectivity index is 1.79. The zero-order valence-corrected chi connectivity index (χ0v) is 17.1. The molecule has 2 aromatic carbocycles. The van der Waals surface area contributed by atoms with E-state index >= 15 is 8.78 Å². The quantitative estimate of drug-likeness (QED) is 0.509. The predicted octanol–water partition coefficient (Wildman–Crippen LogP) is 6.58. The van der Waals surface area contributed by atoms with Gasteiger partial charge in [-0.25, -0.2) is 13.2 Å². The van der Waals surface area contributed by atoms with Crippen molar-refractivity contribution in [3.8, 4) is 16.9 Å².